The third-order valence-electron chi connectivity index (χ3n) is 3.66. The number of hydrogen-bond donors (Lipinski definition) is 1. The van der Waals surface area contributed by atoms with Crippen LogP contribution in [0.15, 0.2) is 22.7 Å². The van der Waals surface area contributed by atoms with Gasteiger partial charge in [-0.25, -0.2) is 4.79 Å². The fourth-order valence-corrected chi connectivity index (χ4v) is 3.00. The van der Waals surface area contributed by atoms with E-state index in [0.717, 1.165) is 36.1 Å². The van der Waals surface area contributed by atoms with Gasteiger partial charge in [-0.3, -0.25) is 0 Å². The Labute approximate surface area is 141 Å². The summed E-state index contributed by atoms with van der Waals surface area (Å²) in [4.78, 5) is 14.1. The first-order valence-corrected chi connectivity index (χ1v) is 8.55. The van der Waals surface area contributed by atoms with Gasteiger partial charge < -0.3 is 15.0 Å². The number of nitrogens with one attached hydrogen (secondary N) is 1. The van der Waals surface area contributed by atoms with Gasteiger partial charge in [-0.05, 0) is 74.2 Å². The number of carbonyl (C=O) groups excluding carboxylic acids is 1. The van der Waals surface area contributed by atoms with Crippen LogP contribution in [-0.4, -0.2) is 35.7 Å². The fourth-order valence-electron chi connectivity index (χ4n) is 2.61. The summed E-state index contributed by atoms with van der Waals surface area (Å²) in [6, 6.07) is 6.40. The van der Waals surface area contributed by atoms with E-state index >= 15 is 0 Å². The van der Waals surface area contributed by atoms with Crippen molar-refractivity contribution in [3.05, 3.63) is 28.2 Å². The molecule has 1 heterocycles. The van der Waals surface area contributed by atoms with Gasteiger partial charge in [-0.2, -0.15) is 0 Å². The summed E-state index contributed by atoms with van der Waals surface area (Å²) in [6.45, 7) is 9.28. The maximum absolute atomic E-state index is 12.3. The molecule has 5 heteroatoms. The maximum Gasteiger partial charge on any atom is 0.410 e. The van der Waals surface area contributed by atoms with Crippen LogP contribution in [0, 0.1) is 6.92 Å². The molecule has 1 saturated heterocycles. The normalized spacial score (nSPS) is 18.4. The second kappa shape index (κ2) is 6.90. The van der Waals surface area contributed by atoms with E-state index in [9.17, 15) is 4.79 Å². The van der Waals surface area contributed by atoms with Gasteiger partial charge in [0.05, 0.1) is 6.04 Å². The standard InChI is InChI=1S/C17H25BrN2O2/c1-12-7-8-14(18)15(10-12)19-11-13-6-5-9-20(13)16(21)22-17(2,3)4/h7-8,10,13,19H,5-6,9,11H2,1-4H3. The first kappa shape index (κ1) is 17.1. The van der Waals surface area contributed by atoms with Crippen molar-refractivity contribution in [1.29, 1.82) is 0 Å². The molecule has 1 aliphatic rings. The number of carbonyl (C=O) groups is 1. The summed E-state index contributed by atoms with van der Waals surface area (Å²) in [5.41, 5.74) is 1.83. The number of anilines is 1. The Morgan fingerprint density at radius 2 is 2.18 bits per heavy atom. The molecule has 0 aromatic heterocycles. The van der Waals surface area contributed by atoms with Gasteiger partial charge in [-0.1, -0.05) is 6.07 Å². The number of ether oxygens (including phenoxy) is 1. The summed E-state index contributed by atoms with van der Waals surface area (Å²) in [6.07, 6.45) is 1.83. The van der Waals surface area contributed by atoms with Crippen LogP contribution in [-0.2, 0) is 4.74 Å². The van der Waals surface area contributed by atoms with E-state index in [1.54, 1.807) is 0 Å². The highest BCUT2D eigenvalue weighted by Gasteiger charge is 2.31. The molecule has 22 heavy (non-hydrogen) atoms. The van der Waals surface area contributed by atoms with E-state index in [1.165, 1.54) is 5.56 Å². The molecule has 4 nitrogen and oxygen atoms in total. The van der Waals surface area contributed by atoms with Crippen LogP contribution in [0.2, 0.25) is 0 Å². The number of hydrogen-bond acceptors (Lipinski definition) is 3. The van der Waals surface area contributed by atoms with Gasteiger partial charge in [0.15, 0.2) is 0 Å². The van der Waals surface area contributed by atoms with Crippen molar-refractivity contribution in [2.45, 2.75) is 52.2 Å². The van der Waals surface area contributed by atoms with Crippen LogP contribution in [0.25, 0.3) is 0 Å². The molecule has 1 atom stereocenters. The second-order valence-corrected chi connectivity index (χ2v) is 7.69. The van der Waals surface area contributed by atoms with Gasteiger partial charge in [0.25, 0.3) is 0 Å². The van der Waals surface area contributed by atoms with E-state index in [-0.39, 0.29) is 12.1 Å². The third kappa shape index (κ3) is 4.63. The van der Waals surface area contributed by atoms with Crippen molar-refractivity contribution in [3.63, 3.8) is 0 Å². The van der Waals surface area contributed by atoms with E-state index in [4.69, 9.17) is 4.74 Å². The van der Waals surface area contributed by atoms with Crippen molar-refractivity contribution < 1.29 is 9.53 Å². The number of benzene rings is 1. The predicted molar refractivity (Wildman–Crippen MR) is 93.3 cm³/mol. The summed E-state index contributed by atoms with van der Waals surface area (Å²) in [5, 5.41) is 3.45. The highest BCUT2D eigenvalue weighted by molar-refractivity contribution is 9.10. The van der Waals surface area contributed by atoms with Crippen molar-refractivity contribution in [3.8, 4) is 0 Å². The smallest absolute Gasteiger partial charge is 0.410 e. The van der Waals surface area contributed by atoms with Gasteiger partial charge in [0.1, 0.15) is 5.60 Å². The lowest BCUT2D eigenvalue weighted by atomic mass is 10.2. The minimum Gasteiger partial charge on any atom is -0.444 e. The largest absolute Gasteiger partial charge is 0.444 e. The number of halogens is 1. The SMILES string of the molecule is Cc1ccc(Br)c(NCC2CCCN2C(=O)OC(C)(C)C)c1. The van der Waals surface area contributed by atoms with Crippen molar-refractivity contribution in [1.82, 2.24) is 4.90 Å². The van der Waals surface area contributed by atoms with Crippen molar-refractivity contribution >= 4 is 27.7 Å². The summed E-state index contributed by atoms with van der Waals surface area (Å²) in [7, 11) is 0. The van der Waals surface area contributed by atoms with Gasteiger partial charge in [-0.15, -0.1) is 0 Å². The third-order valence-corrected chi connectivity index (χ3v) is 4.35. The Morgan fingerprint density at radius 1 is 1.45 bits per heavy atom. The molecule has 0 saturated carbocycles. The number of likely N-dealkylation sites (tertiary alicyclic amines) is 1. The molecule has 1 fully saturated rings. The Balaban J connectivity index is 1.97. The zero-order chi connectivity index (χ0) is 16.3. The summed E-state index contributed by atoms with van der Waals surface area (Å²) in [5.74, 6) is 0. The Bertz CT molecular complexity index is 540. The van der Waals surface area contributed by atoms with Gasteiger partial charge >= 0.3 is 6.09 Å². The lowest BCUT2D eigenvalue weighted by Crippen LogP contribution is -2.42. The second-order valence-electron chi connectivity index (χ2n) is 6.83. The lowest BCUT2D eigenvalue weighted by molar-refractivity contribution is 0.0235. The highest BCUT2D eigenvalue weighted by Crippen LogP contribution is 2.25. The Hall–Kier alpha value is -1.23. The predicted octanol–water partition coefficient (Wildman–Crippen LogP) is 4.57. The Kier molecular flexibility index (Phi) is 5.37. The van der Waals surface area contributed by atoms with Gasteiger partial charge in [0, 0.05) is 23.2 Å². The number of amides is 1. The quantitative estimate of drug-likeness (QED) is 0.849. The zero-order valence-electron chi connectivity index (χ0n) is 13.8. The molecule has 0 aliphatic carbocycles. The van der Waals surface area contributed by atoms with E-state index < -0.39 is 5.60 Å². The summed E-state index contributed by atoms with van der Waals surface area (Å²) < 4.78 is 6.54. The lowest BCUT2D eigenvalue weighted by Gasteiger charge is -2.29. The van der Waals surface area contributed by atoms with Crippen LogP contribution < -0.4 is 5.32 Å². The molecular formula is C17H25BrN2O2. The molecule has 2 rings (SSSR count). The minimum atomic E-state index is -0.447. The number of rotatable bonds is 3. The molecule has 1 aromatic rings. The topological polar surface area (TPSA) is 41.6 Å². The first-order chi connectivity index (χ1) is 10.3. The first-order valence-electron chi connectivity index (χ1n) is 7.76. The summed E-state index contributed by atoms with van der Waals surface area (Å²) >= 11 is 3.56. The number of aryl methyl sites for hydroxylation is 1. The average molecular weight is 369 g/mol. The van der Waals surface area contributed by atoms with E-state index in [2.05, 4.69) is 40.3 Å². The molecule has 122 valence electrons. The minimum absolute atomic E-state index is 0.183. The van der Waals surface area contributed by atoms with Crippen LogP contribution >= 0.6 is 15.9 Å². The average Bonchev–Trinajstić information content (AvgIpc) is 2.86. The molecule has 1 unspecified atom stereocenters. The van der Waals surface area contributed by atoms with Crippen molar-refractivity contribution in [2.75, 3.05) is 18.4 Å². The van der Waals surface area contributed by atoms with Crippen molar-refractivity contribution in [2.24, 2.45) is 0 Å². The Morgan fingerprint density at radius 3 is 2.86 bits per heavy atom. The van der Waals surface area contributed by atoms with Crippen LogP contribution in [0.4, 0.5) is 10.5 Å². The van der Waals surface area contributed by atoms with Crippen LogP contribution in [0.1, 0.15) is 39.2 Å². The maximum atomic E-state index is 12.3. The van der Waals surface area contributed by atoms with Crippen LogP contribution in [0.5, 0.6) is 0 Å². The molecule has 0 bridgehead atoms. The van der Waals surface area contributed by atoms with Gasteiger partial charge in [0.2, 0.25) is 0 Å². The zero-order valence-corrected chi connectivity index (χ0v) is 15.4. The molecule has 1 N–H and O–H groups in total. The van der Waals surface area contributed by atoms with E-state index in [0.29, 0.717) is 0 Å². The van der Waals surface area contributed by atoms with E-state index in [1.807, 2.05) is 31.7 Å². The molecule has 0 spiro atoms. The number of nitrogens with zero attached hydrogens (tertiary/aromatic N) is 1. The molecular weight excluding hydrogens is 344 g/mol. The van der Waals surface area contributed by atoms with Crippen LogP contribution in [0.3, 0.4) is 0 Å². The highest BCUT2D eigenvalue weighted by atomic mass is 79.9. The molecule has 1 amide bonds. The molecule has 1 aliphatic heterocycles. The monoisotopic (exact) mass is 368 g/mol. The fraction of sp³-hybridized carbons (Fsp3) is 0.588. The molecule has 1 aromatic carbocycles. The molecule has 0 radical (unpaired) electrons.